The minimum Gasteiger partial charge on any atom is -0.341 e. The molecule has 0 bridgehead atoms. The van der Waals surface area contributed by atoms with Crippen LogP contribution in [0.1, 0.15) is 5.56 Å². The lowest BCUT2D eigenvalue weighted by Gasteiger charge is -2.21. The molecule has 2 aromatic carbocycles. The van der Waals surface area contributed by atoms with Gasteiger partial charge in [0.05, 0.1) is 11.4 Å². The van der Waals surface area contributed by atoms with Crippen molar-refractivity contribution < 1.29 is 4.39 Å². The van der Waals surface area contributed by atoms with Crippen LogP contribution in [0.3, 0.4) is 0 Å². The molecule has 4 heteroatoms. The van der Waals surface area contributed by atoms with Crippen LogP contribution >= 0.6 is 27.5 Å². The Bertz CT molecular complexity index is 559. The second-order valence-electron chi connectivity index (χ2n) is 3.93. The predicted octanol–water partition coefficient (Wildman–Crippen LogP) is 5.09. The molecule has 0 amide bonds. The molecule has 94 valence electrons. The van der Waals surface area contributed by atoms with Crippen molar-refractivity contribution >= 4 is 38.9 Å². The smallest absolute Gasteiger partial charge is 0.146 e. The highest BCUT2D eigenvalue weighted by Gasteiger charge is 2.11. The summed E-state index contributed by atoms with van der Waals surface area (Å²) in [6.07, 6.45) is 0. The summed E-state index contributed by atoms with van der Waals surface area (Å²) in [6.45, 7) is 0. The van der Waals surface area contributed by atoms with Gasteiger partial charge in [0.2, 0.25) is 0 Å². The van der Waals surface area contributed by atoms with Gasteiger partial charge >= 0.3 is 0 Å². The van der Waals surface area contributed by atoms with Gasteiger partial charge in [0.25, 0.3) is 0 Å². The Hall–Kier alpha value is -1.06. The zero-order valence-electron chi connectivity index (χ0n) is 9.83. The van der Waals surface area contributed by atoms with Crippen molar-refractivity contribution in [3.8, 4) is 0 Å². The summed E-state index contributed by atoms with van der Waals surface area (Å²) in [5.41, 5.74) is 2.46. The van der Waals surface area contributed by atoms with E-state index in [0.717, 1.165) is 15.7 Å². The van der Waals surface area contributed by atoms with E-state index in [2.05, 4.69) is 15.9 Å². The number of anilines is 2. The van der Waals surface area contributed by atoms with Crippen LogP contribution in [0.25, 0.3) is 0 Å². The van der Waals surface area contributed by atoms with E-state index in [4.69, 9.17) is 11.6 Å². The summed E-state index contributed by atoms with van der Waals surface area (Å²) in [7, 11) is 1.83. The van der Waals surface area contributed by atoms with Crippen molar-refractivity contribution in [2.24, 2.45) is 0 Å². The zero-order valence-corrected chi connectivity index (χ0v) is 12.2. The number of hydrogen-bond acceptors (Lipinski definition) is 1. The largest absolute Gasteiger partial charge is 0.341 e. The van der Waals surface area contributed by atoms with Crippen molar-refractivity contribution in [2.45, 2.75) is 5.88 Å². The third-order valence-corrected chi connectivity index (χ3v) is 3.69. The number of para-hydroxylation sites is 1. The average molecular weight is 329 g/mol. The first-order valence-corrected chi connectivity index (χ1v) is 6.79. The van der Waals surface area contributed by atoms with E-state index >= 15 is 0 Å². The molecule has 2 rings (SSSR count). The fourth-order valence-electron chi connectivity index (χ4n) is 1.76. The third kappa shape index (κ3) is 2.68. The molecular formula is C14H12BrClFN. The number of nitrogens with zero attached hydrogens (tertiary/aromatic N) is 1. The van der Waals surface area contributed by atoms with Crippen molar-refractivity contribution in [2.75, 3.05) is 11.9 Å². The van der Waals surface area contributed by atoms with Crippen molar-refractivity contribution in [1.29, 1.82) is 0 Å². The third-order valence-electron chi connectivity index (χ3n) is 2.74. The minimum atomic E-state index is -0.242. The van der Waals surface area contributed by atoms with Gasteiger partial charge in [0.1, 0.15) is 5.82 Å². The molecule has 0 saturated heterocycles. The Morgan fingerprint density at radius 3 is 2.50 bits per heavy atom. The Kier molecular flexibility index (Phi) is 4.25. The lowest BCUT2D eigenvalue weighted by atomic mass is 10.2. The zero-order chi connectivity index (χ0) is 13.1. The van der Waals surface area contributed by atoms with Crippen molar-refractivity contribution in [1.82, 2.24) is 0 Å². The molecule has 0 aliphatic rings. The van der Waals surface area contributed by atoms with Gasteiger partial charge in [0, 0.05) is 17.4 Å². The van der Waals surface area contributed by atoms with Crippen LogP contribution in [0.5, 0.6) is 0 Å². The highest BCUT2D eigenvalue weighted by molar-refractivity contribution is 9.10. The summed E-state index contributed by atoms with van der Waals surface area (Å²) in [4.78, 5) is 1.80. The van der Waals surface area contributed by atoms with E-state index in [0.29, 0.717) is 11.6 Å². The molecule has 0 atom stereocenters. The first-order valence-electron chi connectivity index (χ1n) is 5.46. The van der Waals surface area contributed by atoms with E-state index in [9.17, 15) is 4.39 Å². The van der Waals surface area contributed by atoms with Gasteiger partial charge in [-0.05, 0) is 45.8 Å². The minimum absolute atomic E-state index is 0.242. The molecule has 2 aromatic rings. The van der Waals surface area contributed by atoms with Crippen LogP contribution in [0.2, 0.25) is 0 Å². The number of benzene rings is 2. The lowest BCUT2D eigenvalue weighted by molar-refractivity contribution is 0.627. The van der Waals surface area contributed by atoms with Gasteiger partial charge in [-0.25, -0.2) is 4.39 Å². The quantitative estimate of drug-likeness (QED) is 0.709. The molecule has 0 aliphatic carbocycles. The van der Waals surface area contributed by atoms with Crippen LogP contribution in [0.15, 0.2) is 46.9 Å². The maximum absolute atomic E-state index is 13.7. The first-order chi connectivity index (χ1) is 8.63. The van der Waals surface area contributed by atoms with Gasteiger partial charge in [-0.15, -0.1) is 11.6 Å². The van der Waals surface area contributed by atoms with Crippen LogP contribution in [-0.4, -0.2) is 7.05 Å². The SMILES string of the molecule is CN(c1ccccc1F)c1ccc(CCl)cc1Br. The summed E-state index contributed by atoms with van der Waals surface area (Å²) in [6, 6.07) is 12.5. The van der Waals surface area contributed by atoms with Crippen molar-refractivity contribution in [3.63, 3.8) is 0 Å². The summed E-state index contributed by atoms with van der Waals surface area (Å²) < 4.78 is 14.6. The van der Waals surface area contributed by atoms with Gasteiger partial charge < -0.3 is 4.90 Å². The molecule has 0 radical (unpaired) electrons. The Labute approximate surface area is 119 Å². The highest BCUT2D eigenvalue weighted by Crippen LogP contribution is 2.33. The molecular weight excluding hydrogens is 317 g/mol. The van der Waals surface area contributed by atoms with E-state index in [-0.39, 0.29) is 5.82 Å². The molecule has 0 saturated carbocycles. The Morgan fingerprint density at radius 2 is 1.89 bits per heavy atom. The molecule has 0 spiro atoms. The molecule has 0 aromatic heterocycles. The van der Waals surface area contributed by atoms with E-state index in [1.807, 2.05) is 31.3 Å². The average Bonchev–Trinajstić information content (AvgIpc) is 2.38. The van der Waals surface area contributed by atoms with Crippen LogP contribution in [-0.2, 0) is 5.88 Å². The number of alkyl halides is 1. The summed E-state index contributed by atoms with van der Waals surface area (Å²) >= 11 is 9.27. The first kappa shape index (κ1) is 13.4. The van der Waals surface area contributed by atoms with Crippen LogP contribution < -0.4 is 4.90 Å². The molecule has 0 N–H and O–H groups in total. The summed E-state index contributed by atoms with van der Waals surface area (Å²) in [5.74, 6) is 0.218. The van der Waals surface area contributed by atoms with E-state index < -0.39 is 0 Å². The Morgan fingerprint density at radius 1 is 1.17 bits per heavy atom. The predicted molar refractivity (Wildman–Crippen MR) is 78.2 cm³/mol. The van der Waals surface area contributed by atoms with Gasteiger partial charge in [-0.1, -0.05) is 18.2 Å². The molecule has 0 fully saturated rings. The maximum atomic E-state index is 13.7. The highest BCUT2D eigenvalue weighted by atomic mass is 79.9. The monoisotopic (exact) mass is 327 g/mol. The van der Waals surface area contributed by atoms with Gasteiger partial charge in [0.15, 0.2) is 0 Å². The fraction of sp³-hybridized carbons (Fsp3) is 0.143. The van der Waals surface area contributed by atoms with E-state index in [1.54, 1.807) is 17.0 Å². The molecule has 0 aliphatic heterocycles. The second-order valence-corrected chi connectivity index (χ2v) is 5.05. The normalized spacial score (nSPS) is 10.4. The van der Waals surface area contributed by atoms with Crippen molar-refractivity contribution in [3.05, 3.63) is 58.3 Å². The standard InChI is InChI=1S/C14H12BrClFN/c1-18(14-5-3-2-4-12(14)17)13-7-6-10(9-16)8-11(13)15/h2-8H,9H2,1H3. The Balaban J connectivity index is 2.40. The fourth-order valence-corrected chi connectivity index (χ4v) is 2.62. The molecule has 0 unspecified atom stereocenters. The lowest BCUT2D eigenvalue weighted by Crippen LogP contribution is -2.11. The number of hydrogen-bond donors (Lipinski definition) is 0. The summed E-state index contributed by atoms with van der Waals surface area (Å²) in [5, 5.41) is 0. The number of halogens is 3. The van der Waals surface area contributed by atoms with E-state index in [1.165, 1.54) is 6.07 Å². The van der Waals surface area contributed by atoms with Crippen LogP contribution in [0, 0.1) is 5.82 Å². The molecule has 1 nitrogen and oxygen atoms in total. The maximum Gasteiger partial charge on any atom is 0.146 e. The second kappa shape index (κ2) is 5.72. The van der Waals surface area contributed by atoms with Crippen LogP contribution in [0.4, 0.5) is 15.8 Å². The van der Waals surface area contributed by atoms with Gasteiger partial charge in [-0.2, -0.15) is 0 Å². The molecule has 18 heavy (non-hydrogen) atoms. The molecule has 0 heterocycles. The van der Waals surface area contributed by atoms with Gasteiger partial charge in [-0.3, -0.25) is 0 Å². The number of rotatable bonds is 3. The topological polar surface area (TPSA) is 3.24 Å².